The summed E-state index contributed by atoms with van der Waals surface area (Å²) in [6.07, 6.45) is -2.19. The first kappa shape index (κ1) is 17.6. The highest BCUT2D eigenvalue weighted by molar-refractivity contribution is 5.81. The largest absolute Gasteiger partial charge is 0.463 e. The Morgan fingerprint density at radius 3 is 2.74 bits per heavy atom. The number of rotatable bonds is 3. The van der Waals surface area contributed by atoms with Gasteiger partial charge in [0.1, 0.15) is 35.9 Å². The van der Waals surface area contributed by atoms with Crippen LogP contribution in [0.2, 0.25) is 0 Å². The van der Waals surface area contributed by atoms with E-state index in [1.165, 1.54) is 18.4 Å². The second-order valence-electron chi connectivity index (χ2n) is 6.22. The molecule has 0 spiro atoms. The van der Waals surface area contributed by atoms with Gasteiger partial charge in [-0.1, -0.05) is 6.07 Å². The molecule has 8 nitrogen and oxygen atoms in total. The molecule has 3 heterocycles. The Morgan fingerprint density at radius 2 is 1.96 bits per heavy atom. The van der Waals surface area contributed by atoms with Crippen LogP contribution in [-0.2, 0) is 4.74 Å². The molecule has 140 valence electrons. The van der Waals surface area contributed by atoms with Crippen LogP contribution < -0.4 is 10.2 Å². The van der Waals surface area contributed by atoms with Crippen molar-refractivity contribution < 1.29 is 29.2 Å². The summed E-state index contributed by atoms with van der Waals surface area (Å²) in [5.41, 5.74) is 0.928. The van der Waals surface area contributed by atoms with Crippen LogP contribution in [-0.4, -0.2) is 51.5 Å². The van der Waals surface area contributed by atoms with Gasteiger partial charge in [-0.25, -0.2) is 0 Å². The lowest BCUT2D eigenvalue weighted by Crippen LogP contribution is -2.54. The highest BCUT2D eigenvalue weighted by Gasteiger charge is 2.39. The Labute approximate surface area is 153 Å². The number of aromatic nitrogens is 1. The first-order valence-corrected chi connectivity index (χ1v) is 8.34. The maximum atomic E-state index is 12.7. The zero-order valence-corrected chi connectivity index (χ0v) is 14.1. The summed E-state index contributed by atoms with van der Waals surface area (Å²) in [5.74, 6) is 0.281. The van der Waals surface area contributed by atoms with E-state index in [1.807, 2.05) is 0 Å². The number of hydrogen-bond acceptors (Lipinski definition) is 8. The molecule has 4 atom stereocenters. The number of benzene rings is 1. The van der Waals surface area contributed by atoms with Gasteiger partial charge in [0.2, 0.25) is 11.7 Å². The Kier molecular flexibility index (Phi) is 4.63. The van der Waals surface area contributed by atoms with Gasteiger partial charge in [-0.15, -0.1) is 0 Å². The number of nitrogens with zero attached hydrogens (tertiary/aromatic N) is 1. The van der Waals surface area contributed by atoms with Gasteiger partial charge in [-0.2, -0.15) is 0 Å². The van der Waals surface area contributed by atoms with Crippen LogP contribution in [0.1, 0.15) is 0 Å². The molecule has 0 unspecified atom stereocenters. The fourth-order valence-electron chi connectivity index (χ4n) is 2.90. The Hall–Kier alpha value is -2.78. The van der Waals surface area contributed by atoms with Crippen molar-refractivity contribution in [2.45, 2.75) is 24.6 Å². The minimum absolute atomic E-state index is 0.168. The second kappa shape index (κ2) is 7.09. The minimum atomic E-state index is -1.41. The zero-order chi connectivity index (χ0) is 19.0. The fourth-order valence-corrected chi connectivity index (χ4v) is 2.90. The van der Waals surface area contributed by atoms with Gasteiger partial charge in [0.15, 0.2) is 0 Å². The predicted octanol–water partition coefficient (Wildman–Crippen LogP) is 0.673. The van der Waals surface area contributed by atoms with Crippen LogP contribution in [0.4, 0.5) is 0 Å². The van der Waals surface area contributed by atoms with E-state index in [9.17, 15) is 20.1 Å². The lowest BCUT2D eigenvalue weighted by molar-refractivity contribution is -0.242. The number of aliphatic hydroxyl groups is 3. The van der Waals surface area contributed by atoms with Gasteiger partial charge in [0.05, 0.1) is 23.3 Å². The SMILES string of the molecule is O=c1c(-c2ccccn2)coc2cc(O[C@@H]3OC[C@@H](O)[C@@H](O)[C@@H]3O)ccc12. The minimum Gasteiger partial charge on any atom is -0.463 e. The van der Waals surface area contributed by atoms with Crippen LogP contribution in [0.25, 0.3) is 22.2 Å². The summed E-state index contributed by atoms with van der Waals surface area (Å²) in [6, 6.07) is 9.83. The van der Waals surface area contributed by atoms with Crippen molar-refractivity contribution in [2.24, 2.45) is 0 Å². The van der Waals surface area contributed by atoms with Gasteiger partial charge in [-0.05, 0) is 24.3 Å². The third kappa shape index (κ3) is 3.31. The van der Waals surface area contributed by atoms with Crippen molar-refractivity contribution in [1.82, 2.24) is 4.98 Å². The molecule has 0 bridgehead atoms. The summed E-state index contributed by atoms with van der Waals surface area (Å²) in [6.45, 7) is -0.168. The zero-order valence-electron chi connectivity index (χ0n) is 14.1. The number of aliphatic hydroxyl groups excluding tert-OH is 3. The Bertz CT molecular complexity index is 1000. The molecule has 1 aliphatic heterocycles. The molecule has 0 saturated carbocycles. The maximum absolute atomic E-state index is 12.7. The molecule has 0 amide bonds. The second-order valence-corrected chi connectivity index (χ2v) is 6.22. The van der Waals surface area contributed by atoms with Crippen LogP contribution in [0, 0.1) is 0 Å². The topological polar surface area (TPSA) is 122 Å². The van der Waals surface area contributed by atoms with Gasteiger partial charge in [0.25, 0.3) is 0 Å². The van der Waals surface area contributed by atoms with Crippen molar-refractivity contribution in [1.29, 1.82) is 0 Å². The summed E-state index contributed by atoms with van der Waals surface area (Å²) >= 11 is 0. The summed E-state index contributed by atoms with van der Waals surface area (Å²) in [7, 11) is 0. The lowest BCUT2D eigenvalue weighted by atomic mass is 10.1. The van der Waals surface area contributed by atoms with Crippen molar-refractivity contribution in [3.05, 3.63) is 59.1 Å². The standard InChI is InChI=1S/C19H17NO7/c21-14-9-26-19(18(24)17(14)23)27-10-4-5-11-15(7-10)25-8-12(16(11)22)13-3-1-2-6-20-13/h1-8,14,17-19,21,23-24H,9H2/t14-,17-,18+,19+/m1/s1. The molecule has 1 saturated heterocycles. The first-order valence-electron chi connectivity index (χ1n) is 8.34. The average molecular weight is 371 g/mol. The highest BCUT2D eigenvalue weighted by atomic mass is 16.7. The van der Waals surface area contributed by atoms with Crippen LogP contribution in [0.5, 0.6) is 5.75 Å². The number of fused-ring (bicyclic) bond motifs is 1. The lowest BCUT2D eigenvalue weighted by Gasteiger charge is -2.34. The molecule has 1 aromatic carbocycles. The molecule has 0 aliphatic carbocycles. The molecule has 3 aromatic rings. The van der Waals surface area contributed by atoms with E-state index in [2.05, 4.69) is 4.98 Å². The normalized spacial score (nSPS) is 25.4. The molecule has 4 rings (SSSR count). The van der Waals surface area contributed by atoms with E-state index in [4.69, 9.17) is 13.9 Å². The fraction of sp³-hybridized carbons (Fsp3) is 0.263. The summed E-state index contributed by atoms with van der Waals surface area (Å²) in [4.78, 5) is 16.9. The smallest absolute Gasteiger partial charge is 0.228 e. The molecule has 1 fully saturated rings. The molecule has 27 heavy (non-hydrogen) atoms. The highest BCUT2D eigenvalue weighted by Crippen LogP contribution is 2.25. The number of pyridine rings is 1. The maximum Gasteiger partial charge on any atom is 0.228 e. The van der Waals surface area contributed by atoms with Gasteiger partial charge < -0.3 is 29.2 Å². The number of hydrogen-bond donors (Lipinski definition) is 3. The van der Waals surface area contributed by atoms with Crippen LogP contribution in [0.3, 0.4) is 0 Å². The van der Waals surface area contributed by atoms with E-state index in [-0.39, 0.29) is 17.8 Å². The van der Waals surface area contributed by atoms with E-state index >= 15 is 0 Å². The molecule has 1 aliphatic rings. The van der Waals surface area contributed by atoms with E-state index in [0.717, 1.165) is 0 Å². The third-order valence-electron chi connectivity index (χ3n) is 4.39. The Morgan fingerprint density at radius 1 is 1.11 bits per heavy atom. The monoisotopic (exact) mass is 371 g/mol. The average Bonchev–Trinajstić information content (AvgIpc) is 2.69. The Balaban J connectivity index is 1.63. The molecule has 8 heteroatoms. The van der Waals surface area contributed by atoms with E-state index in [1.54, 1.807) is 30.5 Å². The van der Waals surface area contributed by atoms with E-state index < -0.39 is 24.6 Å². The van der Waals surface area contributed by atoms with Gasteiger partial charge >= 0.3 is 0 Å². The van der Waals surface area contributed by atoms with Crippen molar-refractivity contribution in [2.75, 3.05) is 6.61 Å². The van der Waals surface area contributed by atoms with Crippen molar-refractivity contribution >= 4 is 11.0 Å². The molecule has 2 aromatic heterocycles. The molecule has 3 N–H and O–H groups in total. The number of ether oxygens (including phenoxy) is 2. The van der Waals surface area contributed by atoms with Crippen molar-refractivity contribution in [3.63, 3.8) is 0 Å². The molecule has 0 radical (unpaired) electrons. The summed E-state index contributed by atoms with van der Waals surface area (Å²) in [5, 5.41) is 29.5. The van der Waals surface area contributed by atoms with Gasteiger partial charge in [0, 0.05) is 12.3 Å². The van der Waals surface area contributed by atoms with E-state index in [0.29, 0.717) is 22.2 Å². The van der Waals surface area contributed by atoms with Crippen molar-refractivity contribution in [3.8, 4) is 17.0 Å². The van der Waals surface area contributed by atoms with Gasteiger partial charge in [-0.3, -0.25) is 9.78 Å². The van der Waals surface area contributed by atoms with Crippen LogP contribution >= 0.6 is 0 Å². The third-order valence-corrected chi connectivity index (χ3v) is 4.39. The van der Waals surface area contributed by atoms with Crippen LogP contribution in [0.15, 0.2) is 58.1 Å². The molecular formula is C19H17NO7. The molecular weight excluding hydrogens is 354 g/mol. The summed E-state index contributed by atoms with van der Waals surface area (Å²) < 4.78 is 16.3. The predicted molar refractivity (Wildman–Crippen MR) is 94.1 cm³/mol. The quantitative estimate of drug-likeness (QED) is 0.614. The first-order chi connectivity index (χ1) is 13.0.